The molecule has 0 fully saturated rings. The van der Waals surface area contributed by atoms with E-state index in [9.17, 15) is 18.1 Å². The zero-order valence-electron chi connectivity index (χ0n) is 14.4. The van der Waals surface area contributed by atoms with Gasteiger partial charge < -0.3 is 9.47 Å². The fourth-order valence-electron chi connectivity index (χ4n) is 2.61. The monoisotopic (exact) mass is 425 g/mol. The zero-order chi connectivity index (χ0) is 20.5. The van der Waals surface area contributed by atoms with Gasteiger partial charge in [-0.15, -0.1) is 0 Å². The van der Waals surface area contributed by atoms with Gasteiger partial charge in [0.05, 0.1) is 29.4 Å². The van der Waals surface area contributed by atoms with Crippen LogP contribution in [-0.2, 0) is 10.0 Å². The molecule has 0 aliphatic rings. The summed E-state index contributed by atoms with van der Waals surface area (Å²) in [5, 5.41) is 15.1. The Morgan fingerprint density at radius 1 is 1.43 bits per heavy atom. The maximum absolute atomic E-state index is 12.3. The molecule has 1 aromatic carbocycles. The van der Waals surface area contributed by atoms with Crippen molar-refractivity contribution in [2.24, 2.45) is 5.14 Å². The fraction of sp³-hybridized carbons (Fsp3) is 0.188. The van der Waals surface area contributed by atoms with Crippen LogP contribution >= 0.6 is 11.6 Å². The molecule has 0 amide bonds. The number of rotatable bonds is 6. The SMILES string of the molecule is COc1nc(-n2cc(S(N)(=O)=O)c3ccc(Cl)c(C#N)c32)ncc1OCCF. The number of benzene rings is 1. The maximum Gasteiger partial charge on any atom is 0.261 e. The topological polar surface area (TPSA) is 133 Å². The molecule has 9 nitrogen and oxygen atoms in total. The Hall–Kier alpha value is -2.94. The molecule has 0 aliphatic carbocycles. The van der Waals surface area contributed by atoms with Gasteiger partial charge in [0.25, 0.3) is 5.88 Å². The minimum Gasteiger partial charge on any atom is -0.484 e. The number of hydrogen-bond acceptors (Lipinski definition) is 7. The van der Waals surface area contributed by atoms with E-state index in [1.54, 1.807) is 0 Å². The lowest BCUT2D eigenvalue weighted by Gasteiger charge is -2.11. The van der Waals surface area contributed by atoms with Crippen LogP contribution in [0, 0.1) is 11.3 Å². The highest BCUT2D eigenvalue weighted by Crippen LogP contribution is 2.33. The highest BCUT2D eigenvalue weighted by atomic mass is 35.5. The Balaban J connectivity index is 2.32. The first-order valence-corrected chi connectivity index (χ1v) is 9.60. The molecule has 0 saturated carbocycles. The first kappa shape index (κ1) is 19.8. The number of fused-ring (bicyclic) bond motifs is 1. The molecule has 2 N–H and O–H groups in total. The number of halogens is 2. The number of hydrogen-bond donors (Lipinski definition) is 1. The molecule has 2 heterocycles. The Kier molecular flexibility index (Phi) is 5.37. The molecule has 0 unspecified atom stereocenters. The molecule has 0 bridgehead atoms. The molecule has 0 aliphatic heterocycles. The average Bonchev–Trinajstić information content (AvgIpc) is 3.06. The van der Waals surface area contributed by atoms with Crippen molar-refractivity contribution in [1.82, 2.24) is 14.5 Å². The number of sulfonamides is 1. The molecular weight excluding hydrogens is 413 g/mol. The molecular formula is C16H13ClFN5O4S. The molecule has 28 heavy (non-hydrogen) atoms. The van der Waals surface area contributed by atoms with E-state index in [0.717, 1.165) is 0 Å². The number of aromatic nitrogens is 3. The zero-order valence-corrected chi connectivity index (χ0v) is 16.0. The Morgan fingerprint density at radius 3 is 2.79 bits per heavy atom. The van der Waals surface area contributed by atoms with Crippen molar-refractivity contribution in [1.29, 1.82) is 5.26 Å². The van der Waals surface area contributed by atoms with Gasteiger partial charge in [0, 0.05) is 11.6 Å². The predicted octanol–water partition coefficient (Wildman–Crippen LogP) is 1.95. The van der Waals surface area contributed by atoms with Crippen LogP contribution < -0.4 is 14.6 Å². The van der Waals surface area contributed by atoms with Gasteiger partial charge in [0.1, 0.15) is 24.2 Å². The van der Waals surface area contributed by atoms with Crippen LogP contribution in [-0.4, -0.2) is 43.3 Å². The molecule has 3 rings (SSSR count). The number of nitriles is 1. The minimum absolute atomic E-state index is 0.00186. The maximum atomic E-state index is 12.3. The number of nitrogens with zero attached hydrogens (tertiary/aromatic N) is 4. The molecule has 146 valence electrons. The summed E-state index contributed by atoms with van der Waals surface area (Å²) in [6, 6.07) is 4.77. The normalized spacial score (nSPS) is 11.4. The van der Waals surface area contributed by atoms with Crippen LogP contribution in [0.3, 0.4) is 0 Å². The Labute approximate surface area is 164 Å². The number of nitrogens with two attached hydrogens (primary N) is 1. The largest absolute Gasteiger partial charge is 0.484 e. The van der Waals surface area contributed by atoms with Crippen LogP contribution in [0.1, 0.15) is 5.56 Å². The Bertz CT molecular complexity index is 1210. The summed E-state index contributed by atoms with van der Waals surface area (Å²) in [4.78, 5) is 8.03. The summed E-state index contributed by atoms with van der Waals surface area (Å²) >= 11 is 6.09. The van der Waals surface area contributed by atoms with Crippen molar-refractivity contribution in [3.05, 3.63) is 35.1 Å². The molecule has 12 heteroatoms. The van der Waals surface area contributed by atoms with Crippen LogP contribution in [0.25, 0.3) is 16.9 Å². The van der Waals surface area contributed by atoms with Crippen molar-refractivity contribution in [3.8, 4) is 23.6 Å². The number of primary sulfonamides is 1. The molecule has 0 saturated heterocycles. The van der Waals surface area contributed by atoms with Gasteiger partial charge in [-0.1, -0.05) is 11.6 Å². The van der Waals surface area contributed by atoms with E-state index in [2.05, 4.69) is 9.97 Å². The fourth-order valence-corrected chi connectivity index (χ4v) is 3.53. The quantitative estimate of drug-likeness (QED) is 0.637. The van der Waals surface area contributed by atoms with E-state index >= 15 is 0 Å². The lowest BCUT2D eigenvalue weighted by atomic mass is 10.1. The first-order chi connectivity index (χ1) is 13.3. The molecule has 2 aromatic heterocycles. The summed E-state index contributed by atoms with van der Waals surface area (Å²) in [6.07, 6.45) is 2.43. The highest BCUT2D eigenvalue weighted by Gasteiger charge is 2.23. The summed E-state index contributed by atoms with van der Waals surface area (Å²) in [6.45, 7) is -0.926. The second kappa shape index (κ2) is 7.59. The van der Waals surface area contributed by atoms with Gasteiger partial charge in [-0.2, -0.15) is 10.2 Å². The van der Waals surface area contributed by atoms with Gasteiger partial charge >= 0.3 is 0 Å². The van der Waals surface area contributed by atoms with Crippen molar-refractivity contribution in [2.45, 2.75) is 4.90 Å². The highest BCUT2D eigenvalue weighted by molar-refractivity contribution is 7.89. The van der Waals surface area contributed by atoms with Crippen molar-refractivity contribution >= 4 is 32.5 Å². The van der Waals surface area contributed by atoms with Crippen molar-refractivity contribution in [2.75, 3.05) is 20.4 Å². The third-order valence-corrected chi connectivity index (χ3v) is 5.00. The summed E-state index contributed by atoms with van der Waals surface area (Å²) < 4.78 is 47.9. The molecule has 3 aromatic rings. The van der Waals surface area contributed by atoms with E-state index in [1.807, 2.05) is 6.07 Å². The number of alkyl halides is 1. The predicted molar refractivity (Wildman–Crippen MR) is 98.0 cm³/mol. The van der Waals surface area contributed by atoms with Crippen LogP contribution in [0.2, 0.25) is 5.02 Å². The van der Waals surface area contributed by atoms with Gasteiger partial charge in [-0.3, -0.25) is 4.57 Å². The van der Waals surface area contributed by atoms with E-state index in [0.29, 0.717) is 0 Å². The van der Waals surface area contributed by atoms with E-state index in [4.69, 9.17) is 26.2 Å². The van der Waals surface area contributed by atoms with Crippen LogP contribution in [0.4, 0.5) is 4.39 Å². The van der Waals surface area contributed by atoms with Gasteiger partial charge in [-0.05, 0) is 12.1 Å². The van der Waals surface area contributed by atoms with Crippen LogP contribution in [0.5, 0.6) is 11.6 Å². The van der Waals surface area contributed by atoms with Crippen LogP contribution in [0.15, 0.2) is 29.4 Å². The van der Waals surface area contributed by atoms with Gasteiger partial charge in [-0.25, -0.2) is 22.9 Å². The van der Waals surface area contributed by atoms with Gasteiger partial charge in [0.2, 0.25) is 16.0 Å². The average molecular weight is 426 g/mol. The number of methoxy groups -OCH3 is 1. The van der Waals surface area contributed by atoms with E-state index < -0.39 is 16.7 Å². The summed E-state index contributed by atoms with van der Waals surface area (Å²) in [5.74, 6) is 0.0756. The summed E-state index contributed by atoms with van der Waals surface area (Å²) in [7, 11) is -2.79. The molecule has 0 radical (unpaired) electrons. The summed E-state index contributed by atoms with van der Waals surface area (Å²) in [5.41, 5.74) is 0.188. The standard InChI is InChI=1S/C16H13ClFN5O4S/c1-26-15-12(27-5-4-18)7-21-16(22-15)23-8-13(28(20,24)25)9-2-3-11(17)10(6-19)14(9)23/h2-3,7-8H,4-5H2,1H3,(H2,20,24,25). The first-order valence-electron chi connectivity index (χ1n) is 7.68. The molecule has 0 spiro atoms. The minimum atomic E-state index is -4.12. The van der Waals surface area contributed by atoms with Crippen molar-refractivity contribution in [3.63, 3.8) is 0 Å². The third-order valence-electron chi connectivity index (χ3n) is 3.75. The van der Waals surface area contributed by atoms with Crippen molar-refractivity contribution < 1.29 is 22.3 Å². The lowest BCUT2D eigenvalue weighted by molar-refractivity contribution is 0.255. The molecule has 0 atom stereocenters. The Morgan fingerprint density at radius 2 is 2.18 bits per heavy atom. The van der Waals surface area contributed by atoms with Gasteiger partial charge in [0.15, 0.2) is 5.75 Å². The second-order valence-corrected chi connectivity index (χ2v) is 7.36. The third kappa shape index (κ3) is 3.45. The number of ether oxygens (including phenoxy) is 2. The second-order valence-electron chi connectivity index (χ2n) is 5.42. The van der Waals surface area contributed by atoms with E-state index in [-0.39, 0.29) is 50.6 Å². The lowest BCUT2D eigenvalue weighted by Crippen LogP contribution is -2.11. The van der Waals surface area contributed by atoms with E-state index in [1.165, 1.54) is 36.2 Å². The smallest absolute Gasteiger partial charge is 0.261 e.